The lowest BCUT2D eigenvalue weighted by molar-refractivity contribution is -0.145. The number of benzene rings is 3. The van der Waals surface area contributed by atoms with Crippen LogP contribution in [0.5, 0.6) is 0 Å². The van der Waals surface area contributed by atoms with Gasteiger partial charge in [-0.15, -0.1) is 0 Å². The van der Waals surface area contributed by atoms with Gasteiger partial charge in [-0.3, -0.25) is 9.59 Å². The SMILES string of the molecule is O=C(COC(=O)c1c(F)cccc1F)COC(=O)c1c(F)cccc1F.O=C(O)C[C@H](NC(=O)OCc1ccccc1)C(=O)O. The van der Waals surface area contributed by atoms with Crippen molar-refractivity contribution in [1.29, 1.82) is 0 Å². The zero-order valence-electron chi connectivity index (χ0n) is 22.8. The van der Waals surface area contributed by atoms with Crippen molar-refractivity contribution in [1.82, 2.24) is 5.32 Å². The molecule has 0 radical (unpaired) electrons. The maximum atomic E-state index is 13.4. The number of Topliss-reactive ketones (excluding diaryl/α,β-unsaturated/α-hetero) is 1. The van der Waals surface area contributed by atoms with Gasteiger partial charge in [0.25, 0.3) is 0 Å². The molecule has 0 fully saturated rings. The molecular weight excluding hydrogens is 614 g/mol. The molecule has 12 nitrogen and oxygen atoms in total. The Labute approximate surface area is 251 Å². The summed E-state index contributed by atoms with van der Waals surface area (Å²) in [5, 5.41) is 19.2. The van der Waals surface area contributed by atoms with E-state index < -0.39 is 95.8 Å². The largest absolute Gasteiger partial charge is 0.481 e. The van der Waals surface area contributed by atoms with Gasteiger partial charge in [-0.1, -0.05) is 42.5 Å². The van der Waals surface area contributed by atoms with Gasteiger partial charge in [0.2, 0.25) is 5.78 Å². The Morgan fingerprint density at radius 3 is 1.49 bits per heavy atom. The Morgan fingerprint density at radius 1 is 0.644 bits per heavy atom. The molecule has 0 saturated carbocycles. The first kappa shape index (κ1) is 35.4. The van der Waals surface area contributed by atoms with Crippen LogP contribution in [0.15, 0.2) is 66.7 Å². The molecule has 3 N–H and O–H groups in total. The predicted octanol–water partition coefficient (Wildman–Crippen LogP) is 3.67. The molecule has 1 amide bonds. The number of hydrogen-bond donors (Lipinski definition) is 3. The van der Waals surface area contributed by atoms with Crippen LogP contribution in [0.25, 0.3) is 0 Å². The van der Waals surface area contributed by atoms with Gasteiger partial charge in [0, 0.05) is 0 Å². The van der Waals surface area contributed by atoms with Crippen LogP contribution >= 0.6 is 0 Å². The number of carboxylic acid groups (broad SMARTS) is 2. The number of hydrogen-bond acceptors (Lipinski definition) is 9. The summed E-state index contributed by atoms with van der Waals surface area (Å²) >= 11 is 0. The number of amides is 1. The number of carbonyl (C=O) groups is 6. The molecule has 0 aliphatic rings. The van der Waals surface area contributed by atoms with Crippen LogP contribution in [0.1, 0.15) is 32.7 Å². The van der Waals surface area contributed by atoms with Gasteiger partial charge in [0.1, 0.15) is 47.0 Å². The third-order valence-corrected chi connectivity index (χ3v) is 5.24. The zero-order chi connectivity index (χ0) is 33.5. The number of alkyl carbamates (subject to hydrolysis) is 1. The number of carboxylic acids is 2. The van der Waals surface area contributed by atoms with E-state index in [4.69, 9.17) is 14.9 Å². The second-order valence-electron chi connectivity index (χ2n) is 8.58. The first-order chi connectivity index (χ1) is 21.3. The Balaban J connectivity index is 0.000000330. The maximum Gasteiger partial charge on any atom is 0.408 e. The number of rotatable bonds is 12. The van der Waals surface area contributed by atoms with Crippen LogP contribution in [0, 0.1) is 23.3 Å². The van der Waals surface area contributed by atoms with E-state index in [0.29, 0.717) is 0 Å². The van der Waals surface area contributed by atoms with Crippen LogP contribution in [-0.4, -0.2) is 65.2 Å². The molecule has 3 aromatic rings. The topological polar surface area (TPSA) is 183 Å². The lowest BCUT2D eigenvalue weighted by Gasteiger charge is -2.12. The van der Waals surface area contributed by atoms with Crippen LogP contribution in [-0.2, 0) is 35.2 Å². The first-order valence-corrected chi connectivity index (χ1v) is 12.5. The molecule has 0 unspecified atom stereocenters. The second kappa shape index (κ2) is 17.3. The third kappa shape index (κ3) is 11.8. The second-order valence-corrected chi connectivity index (χ2v) is 8.58. The lowest BCUT2D eigenvalue weighted by atomic mass is 10.2. The summed E-state index contributed by atoms with van der Waals surface area (Å²) < 4.78 is 67.1. The van der Waals surface area contributed by atoms with Gasteiger partial charge in [0.05, 0.1) is 6.42 Å². The van der Waals surface area contributed by atoms with Gasteiger partial charge in [-0.05, 0) is 29.8 Å². The molecule has 3 aromatic carbocycles. The monoisotopic (exact) mass is 637 g/mol. The predicted molar refractivity (Wildman–Crippen MR) is 142 cm³/mol. The van der Waals surface area contributed by atoms with E-state index in [1.165, 1.54) is 0 Å². The van der Waals surface area contributed by atoms with Crippen molar-refractivity contribution < 1.29 is 70.8 Å². The number of halogens is 4. The summed E-state index contributed by atoms with van der Waals surface area (Å²) in [4.78, 5) is 67.1. The van der Waals surface area contributed by atoms with Crippen molar-refractivity contribution in [3.05, 3.63) is 107 Å². The highest BCUT2D eigenvalue weighted by molar-refractivity contribution is 5.94. The molecule has 0 aliphatic heterocycles. The Hall–Kier alpha value is -5.80. The normalized spacial score (nSPS) is 10.8. The summed E-state index contributed by atoms with van der Waals surface area (Å²) in [6.45, 7) is -1.94. The number of nitrogens with one attached hydrogen (secondary N) is 1. The third-order valence-electron chi connectivity index (χ3n) is 5.24. The van der Waals surface area contributed by atoms with E-state index in [0.717, 1.165) is 42.0 Å². The van der Waals surface area contributed by atoms with Crippen molar-refractivity contribution in [3.8, 4) is 0 Å². The van der Waals surface area contributed by atoms with Gasteiger partial charge >= 0.3 is 30.0 Å². The minimum absolute atomic E-state index is 0.0217. The number of aliphatic carboxylic acids is 2. The lowest BCUT2D eigenvalue weighted by Crippen LogP contribution is -2.42. The van der Waals surface area contributed by atoms with E-state index in [1.54, 1.807) is 30.3 Å². The van der Waals surface area contributed by atoms with Gasteiger partial charge < -0.3 is 29.7 Å². The summed E-state index contributed by atoms with van der Waals surface area (Å²) in [7, 11) is 0. The summed E-state index contributed by atoms with van der Waals surface area (Å²) in [5.74, 6) is -11.3. The minimum atomic E-state index is -1.51. The summed E-state index contributed by atoms with van der Waals surface area (Å²) in [6, 6.07) is 12.7. The smallest absolute Gasteiger partial charge is 0.408 e. The van der Waals surface area contributed by atoms with Gasteiger partial charge in [-0.25, -0.2) is 36.7 Å². The van der Waals surface area contributed by atoms with Gasteiger partial charge in [0.15, 0.2) is 13.2 Å². The van der Waals surface area contributed by atoms with Crippen molar-refractivity contribution in [3.63, 3.8) is 0 Å². The molecule has 1 atom stereocenters. The number of ketones is 1. The van der Waals surface area contributed by atoms with Crippen molar-refractivity contribution in [2.45, 2.75) is 19.1 Å². The highest BCUT2D eigenvalue weighted by atomic mass is 19.1. The number of esters is 2. The summed E-state index contributed by atoms with van der Waals surface area (Å²) in [5.41, 5.74) is -1.22. The standard InChI is InChI=1S/C17H10F4O5.C12H13NO6/c18-10-3-1-4-11(19)14(10)16(23)25-7-9(22)8-26-17(24)15-12(20)5-2-6-13(15)21;14-10(15)6-9(11(16)17)13-12(18)19-7-8-4-2-1-3-5-8/h1-6H,7-8H2;1-5,9H,6-7H2,(H,13,18)(H,14,15)(H,16,17)/t;9-/m.0/s1. The average molecular weight is 637 g/mol. The van der Waals surface area contributed by atoms with Crippen molar-refractivity contribution in [2.24, 2.45) is 0 Å². The highest BCUT2D eigenvalue weighted by Crippen LogP contribution is 2.14. The van der Waals surface area contributed by atoms with E-state index in [-0.39, 0.29) is 6.61 Å². The molecule has 3 rings (SSSR count). The Kier molecular flexibility index (Phi) is 13.6. The first-order valence-electron chi connectivity index (χ1n) is 12.5. The van der Waals surface area contributed by atoms with E-state index in [1.807, 2.05) is 5.32 Å². The van der Waals surface area contributed by atoms with Crippen LogP contribution in [0.4, 0.5) is 22.4 Å². The fraction of sp³-hybridized carbons (Fsp3) is 0.172. The molecule has 0 bridgehead atoms. The molecule has 0 saturated heterocycles. The Morgan fingerprint density at radius 2 is 1.09 bits per heavy atom. The summed E-state index contributed by atoms with van der Waals surface area (Å²) in [6.07, 6.45) is -1.69. The maximum absolute atomic E-state index is 13.4. The Bertz CT molecular complexity index is 1440. The molecule has 238 valence electrons. The number of carbonyl (C=O) groups excluding carboxylic acids is 4. The molecule has 45 heavy (non-hydrogen) atoms. The van der Waals surface area contributed by atoms with Crippen LogP contribution in [0.3, 0.4) is 0 Å². The molecule has 0 aromatic heterocycles. The van der Waals surface area contributed by atoms with Crippen LogP contribution < -0.4 is 5.32 Å². The van der Waals surface area contributed by atoms with Crippen LogP contribution in [0.2, 0.25) is 0 Å². The molecule has 0 spiro atoms. The molecule has 0 aliphatic carbocycles. The fourth-order valence-electron chi connectivity index (χ4n) is 3.15. The van der Waals surface area contributed by atoms with Crippen molar-refractivity contribution >= 4 is 35.8 Å². The highest BCUT2D eigenvalue weighted by Gasteiger charge is 2.24. The minimum Gasteiger partial charge on any atom is -0.481 e. The van der Waals surface area contributed by atoms with E-state index in [2.05, 4.69) is 9.47 Å². The zero-order valence-corrected chi connectivity index (χ0v) is 22.8. The van der Waals surface area contributed by atoms with Gasteiger partial charge in [-0.2, -0.15) is 0 Å². The average Bonchev–Trinajstić information content (AvgIpc) is 2.98. The van der Waals surface area contributed by atoms with Crippen molar-refractivity contribution in [2.75, 3.05) is 13.2 Å². The fourth-order valence-corrected chi connectivity index (χ4v) is 3.15. The molecule has 0 heterocycles. The molecule has 16 heteroatoms. The van der Waals surface area contributed by atoms with E-state index >= 15 is 0 Å². The molecular formula is C29H23F4NO11. The quantitative estimate of drug-likeness (QED) is 0.150. The number of ether oxygens (including phenoxy) is 3. The van der Waals surface area contributed by atoms with E-state index in [9.17, 15) is 46.3 Å².